The highest BCUT2D eigenvalue weighted by Crippen LogP contribution is 2.29. The summed E-state index contributed by atoms with van der Waals surface area (Å²) in [6, 6.07) is 25.8. The summed E-state index contributed by atoms with van der Waals surface area (Å²) in [7, 11) is 3.92. The van der Waals surface area contributed by atoms with Crippen LogP contribution in [0, 0.1) is 10.8 Å². The maximum absolute atomic E-state index is 8.52. The minimum Gasteiger partial charge on any atom is -0.357 e. The lowest BCUT2D eigenvalue weighted by molar-refractivity contribution is 0.416. The van der Waals surface area contributed by atoms with E-state index in [1.54, 1.807) is 0 Å². The molecule has 0 aliphatic heterocycles. The number of amidine groups is 2. The van der Waals surface area contributed by atoms with Crippen LogP contribution in [0.25, 0.3) is 44.3 Å². The predicted octanol–water partition coefficient (Wildman–Crippen LogP) is 7.31. The molecule has 0 bridgehead atoms. The quantitative estimate of drug-likeness (QED) is 0.144. The zero-order valence-electron chi connectivity index (χ0n) is 23.0. The molecule has 0 amide bonds. The molecular weight excluding hydrogens is 468 g/mol. The van der Waals surface area contributed by atoms with Crippen molar-refractivity contribution in [1.82, 2.24) is 19.8 Å². The Bertz CT molecular complexity index is 1510. The van der Waals surface area contributed by atoms with Crippen molar-refractivity contribution in [2.45, 2.75) is 39.8 Å². The van der Waals surface area contributed by atoms with Gasteiger partial charge in [0.05, 0.1) is 0 Å². The molecule has 0 atom stereocenters. The Morgan fingerprint density at radius 3 is 1.29 bits per heavy atom. The lowest BCUT2D eigenvalue weighted by Crippen LogP contribution is -2.32. The second kappa shape index (κ2) is 9.86. The number of hydrogen-bond acceptors (Lipinski definition) is 2. The van der Waals surface area contributed by atoms with Gasteiger partial charge in [0.1, 0.15) is 11.7 Å². The normalized spacial score (nSPS) is 11.6. The van der Waals surface area contributed by atoms with Gasteiger partial charge in [-0.25, -0.2) is 0 Å². The maximum atomic E-state index is 8.52. The van der Waals surface area contributed by atoms with Crippen LogP contribution in [0.2, 0.25) is 0 Å². The van der Waals surface area contributed by atoms with Crippen LogP contribution in [-0.2, 0) is 0 Å². The first-order chi connectivity index (χ1) is 18.1. The molecule has 6 heteroatoms. The summed E-state index contributed by atoms with van der Waals surface area (Å²) < 4.78 is 0. The van der Waals surface area contributed by atoms with Crippen molar-refractivity contribution in [3.8, 4) is 22.5 Å². The van der Waals surface area contributed by atoms with Gasteiger partial charge in [-0.1, -0.05) is 48.5 Å². The van der Waals surface area contributed by atoms with E-state index in [1.165, 1.54) is 0 Å². The van der Waals surface area contributed by atoms with E-state index < -0.39 is 0 Å². The number of fused-ring (bicyclic) bond motifs is 2. The highest BCUT2D eigenvalue weighted by molar-refractivity contribution is 6.01. The number of rotatable bonds is 6. The molecule has 0 saturated heterocycles. The van der Waals surface area contributed by atoms with Crippen LogP contribution in [0.5, 0.6) is 0 Å². The molecule has 0 spiro atoms. The second-order valence-corrected chi connectivity index (χ2v) is 10.7. The van der Waals surface area contributed by atoms with Crippen molar-refractivity contribution in [3.05, 3.63) is 83.9 Å². The summed E-state index contributed by atoms with van der Waals surface area (Å²) in [5.41, 5.74) is 8.22. The van der Waals surface area contributed by atoms with E-state index in [4.69, 9.17) is 10.8 Å². The van der Waals surface area contributed by atoms with Crippen LogP contribution in [0.4, 0.5) is 0 Å². The third-order valence-electron chi connectivity index (χ3n) is 7.55. The van der Waals surface area contributed by atoms with Crippen molar-refractivity contribution in [3.63, 3.8) is 0 Å². The first-order valence-corrected chi connectivity index (χ1v) is 13.1. The first kappa shape index (κ1) is 25.3. The van der Waals surface area contributed by atoms with Crippen molar-refractivity contribution in [2.24, 2.45) is 0 Å². The molecule has 6 nitrogen and oxygen atoms in total. The molecule has 5 rings (SSSR count). The van der Waals surface area contributed by atoms with E-state index in [0.717, 1.165) is 55.4 Å². The molecule has 0 unspecified atom stereocenters. The van der Waals surface area contributed by atoms with Crippen molar-refractivity contribution in [1.29, 1.82) is 10.8 Å². The van der Waals surface area contributed by atoms with Crippen LogP contribution >= 0.6 is 0 Å². The summed E-state index contributed by atoms with van der Waals surface area (Å²) in [6.07, 6.45) is 0. The Morgan fingerprint density at radius 1 is 0.579 bits per heavy atom. The number of nitrogens with zero attached hydrogens (tertiary/aromatic N) is 2. The van der Waals surface area contributed by atoms with Crippen LogP contribution in [0.1, 0.15) is 38.8 Å². The van der Waals surface area contributed by atoms with Crippen LogP contribution in [0.3, 0.4) is 0 Å². The summed E-state index contributed by atoms with van der Waals surface area (Å²) in [5.74, 6) is 1.05. The van der Waals surface area contributed by atoms with Gasteiger partial charge in [-0.2, -0.15) is 0 Å². The number of nitrogens with one attached hydrogen (secondary N) is 4. The first-order valence-electron chi connectivity index (χ1n) is 13.1. The molecule has 0 fully saturated rings. The zero-order valence-corrected chi connectivity index (χ0v) is 23.0. The standard InChI is InChI=1S/C32H36N6/c1-19(2)37(5)31(33)25-13-11-23-15-27(35-29(23)17-25)21-7-9-22(10-8-21)28-16-24-12-14-26(18-30(24)36-28)32(34)38(6)20(3)4/h7-20,33-36H,1-6H3. The Morgan fingerprint density at radius 2 is 0.947 bits per heavy atom. The van der Waals surface area contributed by atoms with Gasteiger partial charge in [0, 0.05) is 70.5 Å². The van der Waals surface area contributed by atoms with Gasteiger partial charge in [0.25, 0.3) is 0 Å². The number of benzene rings is 3. The summed E-state index contributed by atoms with van der Waals surface area (Å²) >= 11 is 0. The molecule has 3 aromatic carbocycles. The van der Waals surface area contributed by atoms with Gasteiger partial charge in [-0.3, -0.25) is 10.8 Å². The van der Waals surface area contributed by atoms with E-state index in [2.05, 4.69) is 98.3 Å². The van der Waals surface area contributed by atoms with Gasteiger partial charge in [-0.15, -0.1) is 0 Å². The highest BCUT2D eigenvalue weighted by Gasteiger charge is 2.14. The number of hydrogen-bond donors (Lipinski definition) is 4. The average molecular weight is 505 g/mol. The number of H-pyrrole nitrogens is 2. The average Bonchev–Trinajstić information content (AvgIpc) is 3.54. The van der Waals surface area contributed by atoms with E-state index in [1.807, 2.05) is 36.0 Å². The fourth-order valence-corrected chi connectivity index (χ4v) is 4.61. The summed E-state index contributed by atoms with van der Waals surface area (Å²) in [5, 5.41) is 19.3. The number of aromatic nitrogens is 2. The molecule has 2 heterocycles. The van der Waals surface area contributed by atoms with E-state index >= 15 is 0 Å². The molecule has 0 aliphatic carbocycles. The fourth-order valence-electron chi connectivity index (χ4n) is 4.61. The smallest absolute Gasteiger partial charge is 0.128 e. The van der Waals surface area contributed by atoms with Gasteiger partial charge in [-0.05, 0) is 63.1 Å². The third-order valence-corrected chi connectivity index (χ3v) is 7.55. The van der Waals surface area contributed by atoms with Crippen LogP contribution < -0.4 is 0 Å². The Hall–Kier alpha value is -4.32. The van der Waals surface area contributed by atoms with Gasteiger partial charge >= 0.3 is 0 Å². The van der Waals surface area contributed by atoms with Crippen molar-refractivity contribution in [2.75, 3.05) is 14.1 Å². The van der Waals surface area contributed by atoms with Crippen LogP contribution in [0.15, 0.2) is 72.8 Å². The minimum absolute atomic E-state index is 0.273. The van der Waals surface area contributed by atoms with E-state index in [-0.39, 0.29) is 12.1 Å². The van der Waals surface area contributed by atoms with Crippen molar-refractivity contribution < 1.29 is 0 Å². The van der Waals surface area contributed by atoms with Crippen molar-refractivity contribution >= 4 is 33.5 Å². The lowest BCUT2D eigenvalue weighted by Gasteiger charge is -2.24. The molecule has 4 N–H and O–H groups in total. The van der Waals surface area contributed by atoms with E-state index in [0.29, 0.717) is 11.7 Å². The second-order valence-electron chi connectivity index (χ2n) is 10.7. The Kier molecular flexibility index (Phi) is 6.57. The minimum atomic E-state index is 0.273. The largest absolute Gasteiger partial charge is 0.357 e. The fraction of sp³-hybridized carbons (Fsp3) is 0.250. The van der Waals surface area contributed by atoms with Gasteiger partial charge in [0.15, 0.2) is 0 Å². The zero-order chi connectivity index (χ0) is 27.1. The molecule has 5 aromatic rings. The van der Waals surface area contributed by atoms with Crippen LogP contribution in [-0.4, -0.2) is 57.6 Å². The monoisotopic (exact) mass is 504 g/mol. The molecule has 194 valence electrons. The van der Waals surface area contributed by atoms with E-state index in [9.17, 15) is 0 Å². The molecule has 2 aromatic heterocycles. The SMILES string of the molecule is CC(C)N(C)C(=N)c1ccc2cc(-c3ccc(-c4cc5ccc(C(=N)N(C)C(C)C)cc5[nH]4)cc3)[nH]c2c1. The third kappa shape index (κ3) is 4.70. The summed E-state index contributed by atoms with van der Waals surface area (Å²) in [6.45, 7) is 8.37. The Labute approximate surface area is 224 Å². The number of aromatic amines is 2. The van der Waals surface area contributed by atoms with Gasteiger partial charge in [0.2, 0.25) is 0 Å². The van der Waals surface area contributed by atoms with Gasteiger partial charge < -0.3 is 19.8 Å². The molecule has 0 radical (unpaired) electrons. The Balaban J connectivity index is 1.39. The maximum Gasteiger partial charge on any atom is 0.128 e. The lowest BCUT2D eigenvalue weighted by atomic mass is 10.1. The highest BCUT2D eigenvalue weighted by atomic mass is 15.2. The summed E-state index contributed by atoms with van der Waals surface area (Å²) in [4.78, 5) is 11.0. The predicted molar refractivity (Wildman–Crippen MR) is 160 cm³/mol. The molecular formula is C32H36N6. The molecule has 0 aliphatic rings. The molecule has 0 saturated carbocycles. The topological polar surface area (TPSA) is 85.8 Å². The molecule has 38 heavy (non-hydrogen) atoms.